The molecule has 15 heavy (non-hydrogen) atoms. The molecule has 0 atom stereocenters. The summed E-state index contributed by atoms with van der Waals surface area (Å²) in [5.74, 6) is -0.831. The maximum atomic E-state index is 13.5. The molecular formula is C12H15FO2. The van der Waals surface area contributed by atoms with Crippen LogP contribution in [-0.4, -0.2) is 13.1 Å². The molecule has 0 saturated carbocycles. The number of benzene rings is 1. The summed E-state index contributed by atoms with van der Waals surface area (Å²) in [4.78, 5) is 11.1. The van der Waals surface area contributed by atoms with Crippen LogP contribution in [0.25, 0.3) is 0 Å². The van der Waals surface area contributed by atoms with Gasteiger partial charge in [0.05, 0.1) is 12.7 Å². The van der Waals surface area contributed by atoms with Crippen LogP contribution in [0, 0.1) is 5.82 Å². The third kappa shape index (κ3) is 3.05. The molecule has 2 nitrogen and oxygen atoms in total. The quantitative estimate of drug-likeness (QED) is 0.714. The number of hydrogen-bond acceptors (Lipinski definition) is 2. The SMILES string of the molecule is CCCCc1ccc(C(=O)OC)cc1F. The second-order valence-corrected chi connectivity index (χ2v) is 3.40. The van der Waals surface area contributed by atoms with Crippen molar-refractivity contribution in [2.45, 2.75) is 26.2 Å². The number of hydrogen-bond donors (Lipinski definition) is 0. The minimum Gasteiger partial charge on any atom is -0.465 e. The van der Waals surface area contributed by atoms with Crippen molar-refractivity contribution in [3.63, 3.8) is 0 Å². The van der Waals surface area contributed by atoms with Gasteiger partial charge in [-0.05, 0) is 30.5 Å². The van der Waals surface area contributed by atoms with E-state index in [9.17, 15) is 9.18 Å². The summed E-state index contributed by atoms with van der Waals surface area (Å²) in [6.45, 7) is 2.06. The largest absolute Gasteiger partial charge is 0.465 e. The van der Waals surface area contributed by atoms with Crippen molar-refractivity contribution in [1.82, 2.24) is 0 Å². The summed E-state index contributed by atoms with van der Waals surface area (Å²) in [5, 5.41) is 0. The molecule has 0 unspecified atom stereocenters. The van der Waals surface area contributed by atoms with Crippen LogP contribution in [0.2, 0.25) is 0 Å². The number of rotatable bonds is 4. The zero-order chi connectivity index (χ0) is 11.3. The fraction of sp³-hybridized carbons (Fsp3) is 0.417. The number of carbonyl (C=O) groups excluding carboxylic acids is 1. The minimum atomic E-state index is -0.504. The maximum Gasteiger partial charge on any atom is 0.337 e. The van der Waals surface area contributed by atoms with E-state index in [1.807, 2.05) is 0 Å². The van der Waals surface area contributed by atoms with E-state index in [2.05, 4.69) is 11.7 Å². The molecule has 0 aliphatic carbocycles. The first kappa shape index (κ1) is 11.7. The van der Waals surface area contributed by atoms with Gasteiger partial charge >= 0.3 is 5.97 Å². The molecule has 1 rings (SSSR count). The van der Waals surface area contributed by atoms with Crippen molar-refractivity contribution in [1.29, 1.82) is 0 Å². The number of methoxy groups -OCH3 is 1. The van der Waals surface area contributed by atoms with Gasteiger partial charge in [-0.2, -0.15) is 0 Å². The third-order valence-corrected chi connectivity index (χ3v) is 2.27. The van der Waals surface area contributed by atoms with Gasteiger partial charge in [0, 0.05) is 0 Å². The van der Waals surface area contributed by atoms with E-state index in [1.54, 1.807) is 12.1 Å². The number of halogens is 1. The third-order valence-electron chi connectivity index (χ3n) is 2.27. The highest BCUT2D eigenvalue weighted by molar-refractivity contribution is 5.89. The molecule has 0 aromatic heterocycles. The lowest BCUT2D eigenvalue weighted by atomic mass is 10.1. The highest BCUT2D eigenvalue weighted by Crippen LogP contribution is 2.13. The molecule has 0 spiro atoms. The Morgan fingerprint density at radius 1 is 1.47 bits per heavy atom. The van der Waals surface area contributed by atoms with Crippen LogP contribution in [0.1, 0.15) is 35.7 Å². The first-order valence-corrected chi connectivity index (χ1v) is 5.05. The molecular weight excluding hydrogens is 195 g/mol. The molecule has 0 N–H and O–H groups in total. The van der Waals surface area contributed by atoms with E-state index < -0.39 is 5.97 Å². The van der Waals surface area contributed by atoms with Crippen molar-refractivity contribution >= 4 is 5.97 Å². The molecule has 0 radical (unpaired) electrons. The second kappa shape index (κ2) is 5.49. The van der Waals surface area contributed by atoms with Crippen LogP contribution < -0.4 is 0 Å². The lowest BCUT2D eigenvalue weighted by molar-refractivity contribution is 0.0600. The second-order valence-electron chi connectivity index (χ2n) is 3.40. The van der Waals surface area contributed by atoms with Crippen LogP contribution >= 0.6 is 0 Å². The fourth-order valence-corrected chi connectivity index (χ4v) is 1.36. The average molecular weight is 210 g/mol. The van der Waals surface area contributed by atoms with Gasteiger partial charge in [-0.15, -0.1) is 0 Å². The van der Waals surface area contributed by atoms with Crippen molar-refractivity contribution < 1.29 is 13.9 Å². The molecule has 0 amide bonds. The Morgan fingerprint density at radius 2 is 2.20 bits per heavy atom. The zero-order valence-corrected chi connectivity index (χ0v) is 9.05. The summed E-state index contributed by atoms with van der Waals surface area (Å²) in [5.41, 5.74) is 0.916. The van der Waals surface area contributed by atoms with Gasteiger partial charge in [-0.1, -0.05) is 19.4 Å². The van der Waals surface area contributed by atoms with Gasteiger partial charge in [0.2, 0.25) is 0 Å². The molecule has 0 heterocycles. The van der Waals surface area contributed by atoms with Gasteiger partial charge in [0.15, 0.2) is 0 Å². The normalized spacial score (nSPS) is 10.1. The first-order chi connectivity index (χ1) is 7.19. The van der Waals surface area contributed by atoms with E-state index in [0.29, 0.717) is 12.0 Å². The minimum absolute atomic E-state index is 0.259. The van der Waals surface area contributed by atoms with Crippen LogP contribution in [0.5, 0.6) is 0 Å². The Hall–Kier alpha value is -1.38. The predicted octanol–water partition coefficient (Wildman–Crippen LogP) is 2.95. The predicted molar refractivity (Wildman–Crippen MR) is 56.4 cm³/mol. The Labute approximate surface area is 89.1 Å². The van der Waals surface area contributed by atoms with Gasteiger partial charge in [-0.25, -0.2) is 9.18 Å². The van der Waals surface area contributed by atoms with Crippen molar-refractivity contribution in [3.8, 4) is 0 Å². The van der Waals surface area contributed by atoms with Crippen LogP contribution in [0.4, 0.5) is 4.39 Å². The molecule has 0 aliphatic heterocycles. The molecule has 3 heteroatoms. The van der Waals surface area contributed by atoms with Crippen molar-refractivity contribution in [2.75, 3.05) is 7.11 Å². The standard InChI is InChI=1S/C12H15FO2/c1-3-4-5-9-6-7-10(8-11(9)13)12(14)15-2/h6-8H,3-5H2,1-2H3. The maximum absolute atomic E-state index is 13.5. The van der Waals surface area contributed by atoms with Gasteiger partial charge in [-0.3, -0.25) is 0 Å². The van der Waals surface area contributed by atoms with E-state index in [0.717, 1.165) is 12.8 Å². The number of unbranched alkanes of at least 4 members (excludes halogenated alkanes) is 1. The highest BCUT2D eigenvalue weighted by Gasteiger charge is 2.09. The monoisotopic (exact) mass is 210 g/mol. The van der Waals surface area contributed by atoms with E-state index in [1.165, 1.54) is 13.2 Å². The smallest absolute Gasteiger partial charge is 0.337 e. The number of esters is 1. The molecule has 1 aromatic carbocycles. The number of aryl methyl sites for hydroxylation is 1. The highest BCUT2D eigenvalue weighted by atomic mass is 19.1. The van der Waals surface area contributed by atoms with Crippen LogP contribution in [0.3, 0.4) is 0 Å². The fourth-order valence-electron chi connectivity index (χ4n) is 1.36. The number of carbonyl (C=O) groups is 1. The van der Waals surface area contributed by atoms with Crippen molar-refractivity contribution in [3.05, 3.63) is 35.1 Å². The van der Waals surface area contributed by atoms with Gasteiger partial charge in [0.25, 0.3) is 0 Å². The van der Waals surface area contributed by atoms with Gasteiger partial charge in [0.1, 0.15) is 5.82 Å². The van der Waals surface area contributed by atoms with E-state index in [-0.39, 0.29) is 11.4 Å². The summed E-state index contributed by atoms with van der Waals surface area (Å²) in [6, 6.07) is 4.48. The lowest BCUT2D eigenvalue weighted by Gasteiger charge is -2.04. The topological polar surface area (TPSA) is 26.3 Å². The first-order valence-electron chi connectivity index (χ1n) is 5.05. The van der Waals surface area contributed by atoms with E-state index in [4.69, 9.17) is 0 Å². The summed E-state index contributed by atoms with van der Waals surface area (Å²) in [7, 11) is 1.28. The Bertz CT molecular complexity index is 347. The average Bonchev–Trinajstić information content (AvgIpc) is 2.26. The summed E-state index contributed by atoms with van der Waals surface area (Å²) >= 11 is 0. The molecule has 0 bridgehead atoms. The molecule has 1 aromatic rings. The van der Waals surface area contributed by atoms with E-state index >= 15 is 0 Å². The lowest BCUT2D eigenvalue weighted by Crippen LogP contribution is -2.02. The molecule has 0 saturated heterocycles. The Kier molecular flexibility index (Phi) is 4.28. The summed E-state index contributed by atoms with van der Waals surface area (Å²) in [6.07, 6.45) is 2.69. The van der Waals surface area contributed by atoms with Crippen LogP contribution in [-0.2, 0) is 11.2 Å². The molecule has 0 aliphatic rings. The zero-order valence-electron chi connectivity index (χ0n) is 9.05. The van der Waals surface area contributed by atoms with Gasteiger partial charge < -0.3 is 4.74 Å². The number of ether oxygens (including phenoxy) is 1. The molecule has 82 valence electrons. The Morgan fingerprint density at radius 3 is 2.73 bits per heavy atom. The van der Waals surface area contributed by atoms with Crippen LogP contribution in [0.15, 0.2) is 18.2 Å². The summed E-state index contributed by atoms with van der Waals surface area (Å²) < 4.78 is 18.0. The van der Waals surface area contributed by atoms with Crippen molar-refractivity contribution in [2.24, 2.45) is 0 Å². The molecule has 0 fully saturated rings. The Balaban J connectivity index is 2.83.